The van der Waals surface area contributed by atoms with Crippen molar-refractivity contribution in [1.29, 1.82) is 0 Å². The molecular weight excluding hydrogens is 362 g/mol. The van der Waals surface area contributed by atoms with Crippen LogP contribution in [-0.2, 0) is 0 Å². The lowest BCUT2D eigenvalue weighted by molar-refractivity contribution is 0.0949. The van der Waals surface area contributed by atoms with Crippen molar-refractivity contribution in [3.63, 3.8) is 0 Å². The molecule has 140 valence electrons. The van der Waals surface area contributed by atoms with Crippen molar-refractivity contribution in [3.8, 4) is 11.5 Å². The molecule has 1 unspecified atom stereocenters. The number of para-hydroxylation sites is 1. The summed E-state index contributed by atoms with van der Waals surface area (Å²) < 4.78 is 0. The molecule has 0 aliphatic heterocycles. The van der Waals surface area contributed by atoms with Crippen LogP contribution in [0.4, 0.5) is 5.69 Å². The summed E-state index contributed by atoms with van der Waals surface area (Å²) in [5.41, 5.74) is 1.16. The fourth-order valence-corrected chi connectivity index (χ4v) is 3.15. The van der Waals surface area contributed by atoms with Crippen molar-refractivity contribution in [1.82, 2.24) is 20.3 Å². The summed E-state index contributed by atoms with van der Waals surface area (Å²) in [6, 6.07) is 9.96. The lowest BCUT2D eigenvalue weighted by Gasteiger charge is -2.27. The summed E-state index contributed by atoms with van der Waals surface area (Å²) >= 11 is 1.47. The molecule has 0 spiro atoms. The van der Waals surface area contributed by atoms with Crippen molar-refractivity contribution in [2.45, 2.75) is 19.9 Å². The predicted octanol–water partition coefficient (Wildman–Crippen LogP) is 2.46. The minimum atomic E-state index is -0.479. The molecule has 0 bridgehead atoms. The number of carbonyl (C=O) groups is 1. The van der Waals surface area contributed by atoms with Gasteiger partial charge in [-0.3, -0.25) is 9.59 Å². The number of amides is 1. The first kappa shape index (κ1) is 18.8. The van der Waals surface area contributed by atoms with Crippen LogP contribution < -0.4 is 15.8 Å². The number of hydrogen-bond acceptors (Lipinski definition) is 6. The van der Waals surface area contributed by atoms with Gasteiger partial charge < -0.3 is 15.2 Å². The minimum absolute atomic E-state index is 0.0136. The average Bonchev–Trinajstić information content (AvgIpc) is 3.12. The van der Waals surface area contributed by atoms with Crippen LogP contribution >= 0.6 is 11.3 Å². The SMILES string of the molecule is Cc1nc(-c2ncc(C(=O)NCC(C)N(C)c3ccccc3)c(=O)[nH]2)cs1. The standard InChI is InChI=1S/C19H21N5O2S/c1-12(24(3)14-7-5-4-6-8-14)9-21-18(25)15-10-20-17(23-19(15)26)16-11-27-13(2)22-16/h4-8,10-12H,9H2,1-3H3,(H,21,25)(H,20,23,26). The topological polar surface area (TPSA) is 91.0 Å². The van der Waals surface area contributed by atoms with E-state index in [1.807, 2.05) is 56.6 Å². The van der Waals surface area contributed by atoms with Gasteiger partial charge in [0, 0.05) is 36.9 Å². The van der Waals surface area contributed by atoms with Crippen molar-refractivity contribution in [2.24, 2.45) is 0 Å². The molecule has 0 aliphatic rings. The van der Waals surface area contributed by atoms with Gasteiger partial charge in [-0.1, -0.05) is 18.2 Å². The van der Waals surface area contributed by atoms with E-state index < -0.39 is 11.5 Å². The molecule has 1 amide bonds. The van der Waals surface area contributed by atoms with Gasteiger partial charge in [0.1, 0.15) is 11.3 Å². The highest BCUT2D eigenvalue weighted by Crippen LogP contribution is 2.16. The number of aromatic nitrogens is 3. The van der Waals surface area contributed by atoms with Gasteiger partial charge in [0.05, 0.1) is 5.01 Å². The smallest absolute Gasteiger partial charge is 0.264 e. The van der Waals surface area contributed by atoms with E-state index in [1.54, 1.807) is 0 Å². The third kappa shape index (κ3) is 4.40. The van der Waals surface area contributed by atoms with Crippen molar-refractivity contribution >= 4 is 22.9 Å². The number of benzene rings is 1. The second kappa shape index (κ2) is 8.13. The number of carbonyl (C=O) groups excluding carboxylic acids is 1. The number of hydrogen-bond donors (Lipinski definition) is 2. The molecule has 0 aliphatic carbocycles. The first-order valence-corrected chi connectivity index (χ1v) is 9.41. The largest absolute Gasteiger partial charge is 0.370 e. The maximum absolute atomic E-state index is 12.4. The molecule has 1 atom stereocenters. The molecule has 0 radical (unpaired) electrons. The van der Waals surface area contributed by atoms with Crippen LogP contribution in [0.5, 0.6) is 0 Å². The monoisotopic (exact) mass is 383 g/mol. The highest BCUT2D eigenvalue weighted by molar-refractivity contribution is 7.09. The second-order valence-corrected chi connectivity index (χ2v) is 7.29. The molecule has 0 saturated heterocycles. The molecule has 2 aromatic heterocycles. The molecule has 27 heavy (non-hydrogen) atoms. The number of anilines is 1. The molecule has 0 fully saturated rings. The molecule has 8 heteroatoms. The van der Waals surface area contributed by atoms with Gasteiger partial charge >= 0.3 is 0 Å². The Morgan fingerprint density at radius 1 is 1.33 bits per heavy atom. The van der Waals surface area contributed by atoms with E-state index in [2.05, 4.69) is 25.2 Å². The van der Waals surface area contributed by atoms with Gasteiger partial charge in [-0.25, -0.2) is 9.97 Å². The first-order valence-electron chi connectivity index (χ1n) is 8.53. The molecule has 2 heterocycles. The van der Waals surface area contributed by atoms with Gasteiger partial charge in [0.15, 0.2) is 5.82 Å². The van der Waals surface area contributed by atoms with Crippen molar-refractivity contribution in [2.75, 3.05) is 18.5 Å². The van der Waals surface area contributed by atoms with Crippen molar-refractivity contribution < 1.29 is 4.79 Å². The Kier molecular flexibility index (Phi) is 5.66. The van der Waals surface area contributed by atoms with Crippen LogP contribution in [-0.4, -0.2) is 40.5 Å². The number of H-pyrrole nitrogens is 1. The lowest BCUT2D eigenvalue weighted by atomic mass is 10.2. The zero-order valence-corrected chi connectivity index (χ0v) is 16.2. The van der Waals surface area contributed by atoms with Crippen LogP contribution in [0.1, 0.15) is 22.3 Å². The van der Waals surface area contributed by atoms with Crippen LogP contribution in [0.3, 0.4) is 0 Å². The number of aryl methyl sites for hydroxylation is 1. The Morgan fingerprint density at radius 2 is 2.07 bits per heavy atom. The van der Waals surface area contributed by atoms with E-state index in [9.17, 15) is 9.59 Å². The highest BCUT2D eigenvalue weighted by atomic mass is 32.1. The number of nitrogens with one attached hydrogen (secondary N) is 2. The molecule has 3 rings (SSSR count). The number of rotatable bonds is 6. The molecule has 3 aromatic rings. The van der Waals surface area contributed by atoms with E-state index in [4.69, 9.17) is 0 Å². The van der Waals surface area contributed by atoms with Crippen LogP contribution in [0.15, 0.2) is 46.7 Å². The van der Waals surface area contributed by atoms with E-state index in [-0.39, 0.29) is 11.6 Å². The van der Waals surface area contributed by atoms with E-state index in [0.29, 0.717) is 18.1 Å². The molecule has 0 saturated carbocycles. The maximum Gasteiger partial charge on any atom is 0.264 e. The first-order chi connectivity index (χ1) is 13.0. The zero-order valence-electron chi connectivity index (χ0n) is 15.4. The Morgan fingerprint density at radius 3 is 2.70 bits per heavy atom. The number of likely N-dealkylation sites (N-methyl/N-ethyl adjacent to an activating group) is 1. The Bertz CT molecular complexity index is 983. The third-order valence-electron chi connectivity index (χ3n) is 4.29. The van der Waals surface area contributed by atoms with Crippen LogP contribution in [0.25, 0.3) is 11.5 Å². The Hall–Kier alpha value is -3.00. The van der Waals surface area contributed by atoms with E-state index in [0.717, 1.165) is 10.7 Å². The zero-order chi connectivity index (χ0) is 19.4. The van der Waals surface area contributed by atoms with Crippen molar-refractivity contribution in [3.05, 3.63) is 62.8 Å². The lowest BCUT2D eigenvalue weighted by Crippen LogP contribution is -2.41. The summed E-state index contributed by atoms with van der Waals surface area (Å²) in [5.74, 6) is -0.0869. The summed E-state index contributed by atoms with van der Waals surface area (Å²) in [5, 5.41) is 5.49. The molecule has 2 N–H and O–H groups in total. The van der Waals surface area contributed by atoms with E-state index >= 15 is 0 Å². The number of thiazole rings is 1. The third-order valence-corrected chi connectivity index (χ3v) is 5.06. The number of aromatic amines is 1. The quantitative estimate of drug-likeness (QED) is 0.682. The summed E-state index contributed by atoms with van der Waals surface area (Å²) in [4.78, 5) is 37.8. The second-order valence-electron chi connectivity index (χ2n) is 6.23. The minimum Gasteiger partial charge on any atom is -0.370 e. The van der Waals surface area contributed by atoms with Crippen LogP contribution in [0, 0.1) is 6.92 Å². The molecule has 1 aromatic carbocycles. The fourth-order valence-electron chi connectivity index (χ4n) is 2.55. The normalized spacial score (nSPS) is 11.8. The highest BCUT2D eigenvalue weighted by Gasteiger charge is 2.16. The molecular formula is C19H21N5O2S. The maximum atomic E-state index is 12.4. The average molecular weight is 383 g/mol. The Balaban J connectivity index is 1.65. The van der Waals surface area contributed by atoms with Gasteiger partial charge in [-0.15, -0.1) is 11.3 Å². The van der Waals surface area contributed by atoms with Crippen LogP contribution in [0.2, 0.25) is 0 Å². The Labute approximate surface area is 161 Å². The fraction of sp³-hybridized carbons (Fsp3) is 0.263. The van der Waals surface area contributed by atoms with Gasteiger partial charge in [-0.05, 0) is 26.0 Å². The van der Waals surface area contributed by atoms with Gasteiger partial charge in [0.25, 0.3) is 11.5 Å². The summed E-state index contributed by atoms with van der Waals surface area (Å²) in [6.07, 6.45) is 1.30. The molecule has 7 nitrogen and oxygen atoms in total. The van der Waals surface area contributed by atoms with Gasteiger partial charge in [0.2, 0.25) is 0 Å². The summed E-state index contributed by atoms with van der Waals surface area (Å²) in [7, 11) is 1.96. The summed E-state index contributed by atoms with van der Waals surface area (Å²) in [6.45, 7) is 4.28. The number of nitrogens with zero attached hydrogens (tertiary/aromatic N) is 3. The van der Waals surface area contributed by atoms with E-state index in [1.165, 1.54) is 17.5 Å². The predicted molar refractivity (Wildman–Crippen MR) is 107 cm³/mol. The van der Waals surface area contributed by atoms with Gasteiger partial charge in [-0.2, -0.15) is 0 Å².